The van der Waals surface area contributed by atoms with Gasteiger partial charge in [-0.2, -0.15) is 0 Å². The van der Waals surface area contributed by atoms with E-state index in [1.165, 1.54) is 0 Å². The first-order chi connectivity index (χ1) is 7.99. The molecule has 2 N–H and O–H groups in total. The molecule has 2 aliphatic heterocycles. The molecule has 0 radical (unpaired) electrons. The zero-order chi connectivity index (χ0) is 12.5. The van der Waals surface area contributed by atoms with Crippen molar-refractivity contribution in [3.8, 4) is 0 Å². The second-order valence-electron chi connectivity index (χ2n) is 4.66. The number of carbonyl (C=O) groups is 1. The molecule has 1 saturated heterocycles. The number of hydrogen-bond acceptors (Lipinski definition) is 4. The molecule has 2 heterocycles. The Hall–Kier alpha value is -0.880. The van der Waals surface area contributed by atoms with Gasteiger partial charge in [0.1, 0.15) is 9.84 Å². The lowest BCUT2D eigenvalue weighted by atomic mass is 9.85. The molecule has 0 aliphatic carbocycles. The minimum absolute atomic E-state index is 0.145. The summed E-state index contributed by atoms with van der Waals surface area (Å²) in [4.78, 5) is 11.1. The fraction of sp³-hybridized carbons (Fsp3) is 0.727. The molecule has 0 amide bonds. The van der Waals surface area contributed by atoms with E-state index in [-0.39, 0.29) is 17.4 Å². The molecule has 2 aliphatic rings. The van der Waals surface area contributed by atoms with Crippen LogP contribution in [-0.2, 0) is 14.6 Å². The van der Waals surface area contributed by atoms with E-state index in [9.17, 15) is 13.2 Å². The first-order valence-electron chi connectivity index (χ1n) is 5.86. The van der Waals surface area contributed by atoms with Gasteiger partial charge in [0.25, 0.3) is 0 Å². The van der Waals surface area contributed by atoms with Crippen molar-refractivity contribution in [3.05, 3.63) is 11.1 Å². The number of carboxylic acids is 1. The quantitative estimate of drug-likeness (QED) is 0.739. The van der Waals surface area contributed by atoms with Crippen molar-refractivity contribution in [1.82, 2.24) is 5.32 Å². The number of aliphatic carboxylic acids is 1. The van der Waals surface area contributed by atoms with E-state index in [1.54, 1.807) is 0 Å². The van der Waals surface area contributed by atoms with Gasteiger partial charge in [-0.1, -0.05) is 5.57 Å². The maximum atomic E-state index is 11.3. The lowest BCUT2D eigenvalue weighted by Crippen LogP contribution is -2.33. The third kappa shape index (κ3) is 2.87. The van der Waals surface area contributed by atoms with Gasteiger partial charge >= 0.3 is 5.97 Å². The standard InChI is InChI=1S/C11H17NO4S/c13-11(14)10-7-12-4-1-9(10)8-2-5-17(15,16)6-3-8/h8,12H,1-7H2,(H,13,14). The first kappa shape index (κ1) is 12.6. The summed E-state index contributed by atoms with van der Waals surface area (Å²) in [6.45, 7) is 1.18. The molecule has 0 aromatic rings. The summed E-state index contributed by atoms with van der Waals surface area (Å²) >= 11 is 0. The third-order valence-electron chi connectivity index (χ3n) is 3.57. The highest BCUT2D eigenvalue weighted by atomic mass is 32.2. The number of hydrogen-bond donors (Lipinski definition) is 2. The van der Waals surface area contributed by atoms with Gasteiger partial charge in [0.2, 0.25) is 0 Å². The summed E-state index contributed by atoms with van der Waals surface area (Å²) in [5, 5.41) is 12.2. The van der Waals surface area contributed by atoms with Gasteiger partial charge in [-0.25, -0.2) is 13.2 Å². The van der Waals surface area contributed by atoms with Gasteiger partial charge in [-0.3, -0.25) is 0 Å². The van der Waals surface area contributed by atoms with E-state index < -0.39 is 15.8 Å². The summed E-state index contributed by atoms with van der Waals surface area (Å²) in [7, 11) is -2.88. The molecule has 6 heteroatoms. The minimum atomic E-state index is -2.88. The average Bonchev–Trinajstić information content (AvgIpc) is 2.29. The van der Waals surface area contributed by atoms with Crippen LogP contribution in [0.3, 0.4) is 0 Å². The van der Waals surface area contributed by atoms with Crippen LogP contribution in [0.15, 0.2) is 11.1 Å². The van der Waals surface area contributed by atoms with Gasteiger partial charge in [-0.15, -0.1) is 0 Å². The molecule has 0 aromatic heterocycles. The number of rotatable bonds is 2. The summed E-state index contributed by atoms with van der Waals surface area (Å²) in [5.74, 6) is -0.337. The van der Waals surface area contributed by atoms with E-state index >= 15 is 0 Å². The van der Waals surface area contributed by atoms with Crippen molar-refractivity contribution in [2.45, 2.75) is 19.3 Å². The van der Waals surface area contributed by atoms with Gasteiger partial charge < -0.3 is 10.4 Å². The Morgan fingerprint density at radius 2 is 1.94 bits per heavy atom. The van der Waals surface area contributed by atoms with Crippen LogP contribution < -0.4 is 5.32 Å². The van der Waals surface area contributed by atoms with Crippen molar-refractivity contribution >= 4 is 15.8 Å². The predicted molar refractivity (Wildman–Crippen MR) is 63.5 cm³/mol. The SMILES string of the molecule is O=C(O)C1=C(C2CCS(=O)(=O)CC2)CCNC1. The highest BCUT2D eigenvalue weighted by Gasteiger charge is 2.30. The summed E-state index contributed by atoms with van der Waals surface area (Å²) in [6.07, 6.45) is 1.88. The van der Waals surface area contributed by atoms with Gasteiger partial charge in [0, 0.05) is 6.54 Å². The maximum Gasteiger partial charge on any atom is 0.332 e. The molecule has 0 spiro atoms. The van der Waals surface area contributed by atoms with Crippen LogP contribution in [0.1, 0.15) is 19.3 Å². The highest BCUT2D eigenvalue weighted by Crippen LogP contribution is 2.31. The van der Waals surface area contributed by atoms with Crippen LogP contribution in [0.5, 0.6) is 0 Å². The van der Waals surface area contributed by atoms with Crippen molar-refractivity contribution < 1.29 is 18.3 Å². The van der Waals surface area contributed by atoms with Crippen molar-refractivity contribution in [3.63, 3.8) is 0 Å². The van der Waals surface area contributed by atoms with E-state index in [0.29, 0.717) is 25.0 Å². The number of sulfone groups is 1. The monoisotopic (exact) mass is 259 g/mol. The van der Waals surface area contributed by atoms with Crippen molar-refractivity contribution in [2.24, 2.45) is 5.92 Å². The summed E-state index contributed by atoms with van der Waals surface area (Å²) in [6, 6.07) is 0. The Labute approximate surface area is 101 Å². The molecular formula is C11H17NO4S. The minimum Gasteiger partial charge on any atom is -0.478 e. The van der Waals surface area contributed by atoms with Gasteiger partial charge in [-0.05, 0) is 31.7 Å². The molecule has 0 saturated carbocycles. The van der Waals surface area contributed by atoms with E-state index in [2.05, 4.69) is 5.32 Å². The molecule has 0 bridgehead atoms. The second kappa shape index (κ2) is 4.78. The Balaban J connectivity index is 2.18. The largest absolute Gasteiger partial charge is 0.478 e. The normalized spacial score (nSPS) is 25.9. The fourth-order valence-electron chi connectivity index (χ4n) is 2.60. The van der Waals surface area contributed by atoms with Crippen LogP contribution in [0.4, 0.5) is 0 Å². The first-order valence-corrected chi connectivity index (χ1v) is 7.68. The molecule has 2 rings (SSSR count). The van der Waals surface area contributed by atoms with E-state index in [0.717, 1.165) is 18.5 Å². The lowest BCUT2D eigenvalue weighted by molar-refractivity contribution is -0.132. The van der Waals surface area contributed by atoms with Gasteiger partial charge in [0.15, 0.2) is 0 Å². The van der Waals surface area contributed by atoms with Crippen LogP contribution in [0, 0.1) is 5.92 Å². The molecule has 5 nitrogen and oxygen atoms in total. The molecule has 1 fully saturated rings. The molecule has 0 unspecified atom stereocenters. The smallest absolute Gasteiger partial charge is 0.332 e. The summed E-state index contributed by atoms with van der Waals surface area (Å²) < 4.78 is 22.7. The van der Waals surface area contributed by atoms with Crippen LogP contribution in [0.2, 0.25) is 0 Å². The third-order valence-corrected chi connectivity index (χ3v) is 5.28. The van der Waals surface area contributed by atoms with Crippen LogP contribution in [-0.4, -0.2) is 44.1 Å². The molecule has 96 valence electrons. The second-order valence-corrected chi connectivity index (χ2v) is 6.97. The van der Waals surface area contributed by atoms with Crippen LogP contribution >= 0.6 is 0 Å². The Morgan fingerprint density at radius 1 is 1.29 bits per heavy atom. The molecule has 17 heavy (non-hydrogen) atoms. The summed E-state index contributed by atoms with van der Waals surface area (Å²) in [5.41, 5.74) is 1.41. The van der Waals surface area contributed by atoms with Crippen molar-refractivity contribution in [2.75, 3.05) is 24.6 Å². The van der Waals surface area contributed by atoms with E-state index in [1.807, 2.05) is 0 Å². The Bertz CT molecular complexity index is 438. The molecule has 0 aromatic carbocycles. The highest BCUT2D eigenvalue weighted by molar-refractivity contribution is 7.91. The van der Waals surface area contributed by atoms with Gasteiger partial charge in [0.05, 0.1) is 17.1 Å². The maximum absolute atomic E-state index is 11.3. The fourth-order valence-corrected chi connectivity index (χ4v) is 4.09. The topological polar surface area (TPSA) is 83.5 Å². The van der Waals surface area contributed by atoms with E-state index in [4.69, 9.17) is 5.11 Å². The zero-order valence-corrected chi connectivity index (χ0v) is 10.4. The number of nitrogens with one attached hydrogen (secondary N) is 1. The van der Waals surface area contributed by atoms with Crippen molar-refractivity contribution in [1.29, 1.82) is 0 Å². The lowest BCUT2D eigenvalue weighted by Gasteiger charge is -2.29. The number of carboxylic acid groups (broad SMARTS) is 1. The Kier molecular flexibility index (Phi) is 3.53. The zero-order valence-electron chi connectivity index (χ0n) is 9.61. The van der Waals surface area contributed by atoms with Crippen LogP contribution in [0.25, 0.3) is 0 Å². The molecule has 0 atom stereocenters. The average molecular weight is 259 g/mol. The predicted octanol–water partition coefficient (Wildman–Crippen LogP) is 0.186. The molecular weight excluding hydrogens is 242 g/mol. The Morgan fingerprint density at radius 3 is 2.53 bits per heavy atom.